The molecule has 1 fully saturated rings. The van der Waals surface area contributed by atoms with E-state index in [4.69, 9.17) is 14.6 Å². The minimum atomic E-state index is -0.407. The molecule has 0 radical (unpaired) electrons. The quantitative estimate of drug-likeness (QED) is 0.708. The van der Waals surface area contributed by atoms with Crippen LogP contribution >= 0.6 is 0 Å². The van der Waals surface area contributed by atoms with E-state index in [-0.39, 0.29) is 11.3 Å². The fraction of sp³-hybridized carbons (Fsp3) is 0.636. The molecule has 0 bridgehead atoms. The average Bonchev–Trinajstić information content (AvgIpc) is 3.34. The van der Waals surface area contributed by atoms with E-state index < -0.39 is 5.97 Å². The lowest BCUT2D eigenvalue weighted by Crippen LogP contribution is -2.40. The van der Waals surface area contributed by atoms with Gasteiger partial charge in [0.25, 0.3) is 5.91 Å². The molecule has 31 heavy (non-hydrogen) atoms. The molecule has 0 atom stereocenters. The third-order valence-electron chi connectivity index (χ3n) is 6.26. The molecular weight excluding hydrogens is 398 g/mol. The van der Waals surface area contributed by atoms with E-state index >= 15 is 0 Å². The van der Waals surface area contributed by atoms with Crippen molar-refractivity contribution in [1.29, 1.82) is 0 Å². The molecule has 0 saturated carbocycles. The molecule has 0 aliphatic carbocycles. The number of hydrogen-bond acceptors (Lipinski definition) is 6. The highest BCUT2D eigenvalue weighted by atomic mass is 16.5. The van der Waals surface area contributed by atoms with Crippen molar-refractivity contribution in [3.63, 3.8) is 0 Å². The van der Waals surface area contributed by atoms with Crippen LogP contribution in [0.3, 0.4) is 0 Å². The van der Waals surface area contributed by atoms with E-state index in [0.29, 0.717) is 68.5 Å². The summed E-state index contributed by atoms with van der Waals surface area (Å²) < 4.78 is 14.4. The first-order chi connectivity index (χ1) is 15.0. The maximum atomic E-state index is 13.1. The molecule has 168 valence electrons. The lowest BCUT2D eigenvalue weighted by atomic mass is 9.75. The van der Waals surface area contributed by atoms with Crippen LogP contribution in [0.15, 0.2) is 6.20 Å². The van der Waals surface area contributed by atoms with Crippen LogP contribution in [-0.2, 0) is 29.0 Å². The zero-order valence-corrected chi connectivity index (χ0v) is 18.6. The Kier molecular flexibility index (Phi) is 6.13. The first-order valence-corrected chi connectivity index (χ1v) is 11.2. The fourth-order valence-electron chi connectivity index (χ4n) is 4.47. The lowest BCUT2D eigenvalue weighted by Gasteiger charge is -2.36. The van der Waals surface area contributed by atoms with Gasteiger partial charge in [0.05, 0.1) is 6.61 Å². The average molecular weight is 430 g/mol. The molecule has 9 heteroatoms. The SMILES string of the molecule is CCCOC(=O)c1cn(CC)nc1-c1nn(CC)c2c1CC1(CCOCC1)CNC2=O. The van der Waals surface area contributed by atoms with Gasteiger partial charge in [0, 0.05) is 44.6 Å². The number of carbonyl (C=O) groups is 2. The topological polar surface area (TPSA) is 100 Å². The van der Waals surface area contributed by atoms with Crippen LogP contribution in [0.25, 0.3) is 11.4 Å². The summed E-state index contributed by atoms with van der Waals surface area (Å²) in [5.74, 6) is -0.529. The van der Waals surface area contributed by atoms with E-state index in [1.165, 1.54) is 0 Å². The van der Waals surface area contributed by atoms with Crippen LogP contribution < -0.4 is 5.32 Å². The Balaban J connectivity index is 1.85. The van der Waals surface area contributed by atoms with Gasteiger partial charge in [-0.1, -0.05) is 6.92 Å². The summed E-state index contributed by atoms with van der Waals surface area (Å²) in [6.07, 6.45) is 4.90. The number of amides is 1. The number of rotatable bonds is 6. The highest BCUT2D eigenvalue weighted by Gasteiger charge is 2.40. The third kappa shape index (κ3) is 3.98. The number of hydrogen-bond donors (Lipinski definition) is 1. The minimum Gasteiger partial charge on any atom is -0.462 e. The van der Waals surface area contributed by atoms with Crippen LogP contribution in [0, 0.1) is 5.41 Å². The second kappa shape index (κ2) is 8.82. The number of fused-ring (bicyclic) bond motifs is 1. The molecule has 0 unspecified atom stereocenters. The second-order valence-electron chi connectivity index (χ2n) is 8.35. The molecule has 2 aromatic rings. The van der Waals surface area contributed by atoms with Gasteiger partial charge in [0.1, 0.15) is 22.6 Å². The van der Waals surface area contributed by atoms with Gasteiger partial charge in [0.15, 0.2) is 0 Å². The van der Waals surface area contributed by atoms with Crippen molar-refractivity contribution in [1.82, 2.24) is 24.9 Å². The molecule has 1 N–H and O–H groups in total. The number of aromatic nitrogens is 4. The largest absolute Gasteiger partial charge is 0.462 e. The van der Waals surface area contributed by atoms with Gasteiger partial charge >= 0.3 is 5.97 Å². The molecular formula is C22H31N5O4. The van der Waals surface area contributed by atoms with Gasteiger partial charge in [-0.3, -0.25) is 14.2 Å². The summed E-state index contributed by atoms with van der Waals surface area (Å²) in [7, 11) is 0. The molecule has 9 nitrogen and oxygen atoms in total. The van der Waals surface area contributed by atoms with Gasteiger partial charge < -0.3 is 14.8 Å². The molecule has 1 spiro atoms. The molecule has 2 aliphatic heterocycles. The monoisotopic (exact) mass is 429 g/mol. The fourth-order valence-corrected chi connectivity index (χ4v) is 4.47. The van der Waals surface area contributed by atoms with E-state index in [9.17, 15) is 9.59 Å². The normalized spacial score (nSPS) is 17.8. The predicted molar refractivity (Wildman–Crippen MR) is 114 cm³/mol. The van der Waals surface area contributed by atoms with Crippen molar-refractivity contribution in [2.24, 2.45) is 5.41 Å². The zero-order valence-electron chi connectivity index (χ0n) is 18.6. The van der Waals surface area contributed by atoms with E-state index in [0.717, 1.165) is 24.8 Å². The Morgan fingerprint density at radius 2 is 1.97 bits per heavy atom. The smallest absolute Gasteiger partial charge is 0.342 e. The first kappa shape index (κ1) is 21.5. The van der Waals surface area contributed by atoms with E-state index in [1.54, 1.807) is 15.6 Å². The van der Waals surface area contributed by atoms with Gasteiger partial charge in [0.2, 0.25) is 0 Å². The Hall–Kier alpha value is -2.68. The van der Waals surface area contributed by atoms with Crippen LogP contribution in [0.4, 0.5) is 0 Å². The highest BCUT2D eigenvalue weighted by molar-refractivity contribution is 5.99. The van der Waals surface area contributed by atoms with Crippen molar-refractivity contribution in [2.45, 2.75) is 59.5 Å². The Morgan fingerprint density at radius 3 is 2.65 bits per heavy atom. The summed E-state index contributed by atoms with van der Waals surface area (Å²) in [5, 5.41) is 12.5. The number of aryl methyl sites for hydroxylation is 2. The van der Waals surface area contributed by atoms with Crippen molar-refractivity contribution in [3.05, 3.63) is 23.0 Å². The van der Waals surface area contributed by atoms with Crippen molar-refractivity contribution < 1.29 is 19.1 Å². The maximum absolute atomic E-state index is 13.1. The Morgan fingerprint density at radius 1 is 1.19 bits per heavy atom. The van der Waals surface area contributed by atoms with Crippen LogP contribution in [0.5, 0.6) is 0 Å². The van der Waals surface area contributed by atoms with Crippen LogP contribution in [-0.4, -0.2) is 57.8 Å². The van der Waals surface area contributed by atoms with Gasteiger partial charge in [-0.05, 0) is 44.9 Å². The molecule has 1 amide bonds. The standard InChI is InChI=1S/C22H31N5O4/c1-4-9-31-21(29)16-13-26(5-2)24-18(16)17-15-12-22(7-10-30-11-8-22)14-23-20(28)19(15)27(6-3)25-17/h13H,4-12,14H2,1-3H3,(H,23,28). The molecule has 1 saturated heterocycles. The summed E-state index contributed by atoms with van der Waals surface area (Å²) in [6.45, 7) is 9.38. The predicted octanol–water partition coefficient (Wildman–Crippen LogP) is 2.44. The Bertz CT molecular complexity index is 971. The number of esters is 1. The molecule has 0 aromatic carbocycles. The van der Waals surface area contributed by atoms with Crippen LogP contribution in [0.1, 0.15) is 66.4 Å². The summed E-state index contributed by atoms with van der Waals surface area (Å²) in [4.78, 5) is 25.8. The lowest BCUT2D eigenvalue weighted by molar-refractivity contribution is 0.0161. The van der Waals surface area contributed by atoms with E-state index in [2.05, 4.69) is 10.4 Å². The van der Waals surface area contributed by atoms with Gasteiger partial charge in [-0.15, -0.1) is 0 Å². The van der Waals surface area contributed by atoms with E-state index in [1.807, 2.05) is 20.8 Å². The number of carbonyl (C=O) groups excluding carboxylic acids is 2. The van der Waals surface area contributed by atoms with Crippen LogP contribution in [0.2, 0.25) is 0 Å². The zero-order chi connectivity index (χ0) is 22.0. The molecule has 2 aliphatic rings. The third-order valence-corrected chi connectivity index (χ3v) is 6.26. The summed E-state index contributed by atoms with van der Waals surface area (Å²) >= 11 is 0. The minimum absolute atomic E-state index is 0.0777. The second-order valence-corrected chi connectivity index (χ2v) is 8.35. The first-order valence-electron chi connectivity index (χ1n) is 11.2. The van der Waals surface area contributed by atoms with Crippen molar-refractivity contribution in [3.8, 4) is 11.4 Å². The number of ether oxygens (including phenoxy) is 2. The van der Waals surface area contributed by atoms with Crippen molar-refractivity contribution >= 4 is 11.9 Å². The Labute approximate surface area is 182 Å². The molecule has 4 heterocycles. The van der Waals surface area contributed by atoms with Gasteiger partial charge in [-0.25, -0.2) is 4.79 Å². The number of nitrogens with one attached hydrogen (secondary N) is 1. The molecule has 4 rings (SSSR count). The maximum Gasteiger partial charge on any atom is 0.342 e. The van der Waals surface area contributed by atoms with Crippen molar-refractivity contribution in [2.75, 3.05) is 26.4 Å². The summed E-state index contributed by atoms with van der Waals surface area (Å²) in [6, 6.07) is 0. The highest BCUT2D eigenvalue weighted by Crippen LogP contribution is 2.40. The van der Waals surface area contributed by atoms with Gasteiger partial charge in [-0.2, -0.15) is 10.2 Å². The summed E-state index contributed by atoms with van der Waals surface area (Å²) in [5.41, 5.74) is 2.85. The number of nitrogens with zero attached hydrogens (tertiary/aromatic N) is 4. The molecule has 2 aromatic heterocycles.